The second kappa shape index (κ2) is 7.76. The summed E-state index contributed by atoms with van der Waals surface area (Å²) in [4.78, 5) is 9.82. The molecule has 1 aromatic heterocycles. The van der Waals surface area contributed by atoms with E-state index in [1.54, 1.807) is 36.4 Å². The summed E-state index contributed by atoms with van der Waals surface area (Å²) < 4.78 is 43.2. The van der Waals surface area contributed by atoms with Crippen molar-refractivity contribution in [2.24, 2.45) is 0 Å². The lowest BCUT2D eigenvalue weighted by Gasteiger charge is -2.30. The van der Waals surface area contributed by atoms with Crippen LogP contribution in [-0.4, -0.2) is 16.1 Å². The number of alkyl halides is 3. The van der Waals surface area contributed by atoms with Crippen molar-refractivity contribution in [3.8, 4) is 33.8 Å². The summed E-state index contributed by atoms with van der Waals surface area (Å²) in [5.41, 5.74) is 5.22. The molecule has 0 N–H and O–H groups in total. The zero-order valence-electron chi connectivity index (χ0n) is 20.1. The van der Waals surface area contributed by atoms with Crippen molar-refractivity contribution in [3.63, 3.8) is 0 Å². The van der Waals surface area contributed by atoms with Crippen LogP contribution in [0.2, 0.25) is 0 Å². The molecule has 4 aromatic carbocycles. The standard InChI is InChI=1S/C31H23F3N2/c1-18-9-8-10-19(2)27(18)28-22-12-5-7-14-26(22)35-29(36-28)20-15-16-25-23(17-20)21-11-4-6-13-24(21)30(25,3)31(32,33)34/h4-17H,1-3H3. The molecule has 1 unspecified atom stereocenters. The van der Waals surface area contributed by atoms with Crippen LogP contribution in [0.25, 0.3) is 44.7 Å². The lowest BCUT2D eigenvalue weighted by molar-refractivity contribution is -0.172. The lowest BCUT2D eigenvalue weighted by atomic mass is 9.79. The number of para-hydroxylation sites is 1. The van der Waals surface area contributed by atoms with E-state index in [-0.39, 0.29) is 11.1 Å². The van der Waals surface area contributed by atoms with Gasteiger partial charge in [-0.2, -0.15) is 13.2 Å². The Morgan fingerprint density at radius 1 is 0.694 bits per heavy atom. The van der Waals surface area contributed by atoms with Crippen LogP contribution >= 0.6 is 0 Å². The predicted octanol–water partition coefficient (Wildman–Crippen LogP) is 8.43. The van der Waals surface area contributed by atoms with Crippen molar-refractivity contribution in [3.05, 3.63) is 107 Å². The maximum Gasteiger partial charge on any atom is 0.402 e. The Labute approximate surface area is 207 Å². The number of nitrogens with zero attached hydrogens (tertiary/aromatic N) is 2. The highest BCUT2D eigenvalue weighted by Crippen LogP contribution is 2.56. The maximum atomic E-state index is 14.4. The Hall–Kier alpha value is -3.99. The highest BCUT2D eigenvalue weighted by atomic mass is 19.4. The molecule has 0 aliphatic heterocycles. The molecule has 0 radical (unpaired) electrons. The van der Waals surface area contributed by atoms with Crippen LogP contribution in [0.4, 0.5) is 13.2 Å². The Balaban J connectivity index is 1.61. The Morgan fingerprint density at radius 3 is 2.11 bits per heavy atom. The van der Waals surface area contributed by atoms with Gasteiger partial charge in [0.1, 0.15) is 5.41 Å². The van der Waals surface area contributed by atoms with Crippen LogP contribution < -0.4 is 0 Å². The third-order valence-electron chi connectivity index (χ3n) is 7.46. The van der Waals surface area contributed by atoms with E-state index in [0.717, 1.165) is 33.3 Å². The number of hydrogen-bond donors (Lipinski definition) is 0. The molecule has 0 saturated carbocycles. The Morgan fingerprint density at radius 2 is 1.36 bits per heavy atom. The van der Waals surface area contributed by atoms with Gasteiger partial charge in [0, 0.05) is 16.5 Å². The van der Waals surface area contributed by atoms with Crippen LogP contribution in [0, 0.1) is 13.8 Å². The molecule has 5 aromatic rings. The first-order chi connectivity index (χ1) is 17.2. The third-order valence-corrected chi connectivity index (χ3v) is 7.46. The van der Waals surface area contributed by atoms with E-state index in [4.69, 9.17) is 9.97 Å². The minimum Gasteiger partial charge on any atom is -0.228 e. The summed E-state index contributed by atoms with van der Waals surface area (Å²) in [6, 6.07) is 25.9. The fourth-order valence-electron chi connectivity index (χ4n) is 5.53. The molecule has 0 bridgehead atoms. The number of hydrogen-bond acceptors (Lipinski definition) is 2. The molecule has 36 heavy (non-hydrogen) atoms. The van der Waals surface area contributed by atoms with Crippen molar-refractivity contribution in [1.82, 2.24) is 9.97 Å². The average molecular weight is 481 g/mol. The molecular weight excluding hydrogens is 457 g/mol. The molecule has 5 heteroatoms. The van der Waals surface area contributed by atoms with Crippen LogP contribution in [0.5, 0.6) is 0 Å². The zero-order valence-corrected chi connectivity index (χ0v) is 20.1. The predicted molar refractivity (Wildman–Crippen MR) is 138 cm³/mol. The second-order valence-electron chi connectivity index (χ2n) is 9.61. The highest BCUT2D eigenvalue weighted by Gasteiger charge is 2.58. The quantitative estimate of drug-likeness (QED) is 0.253. The minimum absolute atomic E-state index is 0.260. The summed E-state index contributed by atoms with van der Waals surface area (Å²) >= 11 is 0. The van der Waals surface area contributed by atoms with Gasteiger partial charge in [0.05, 0.1) is 11.2 Å². The van der Waals surface area contributed by atoms with E-state index in [9.17, 15) is 13.2 Å². The number of aryl methyl sites for hydroxylation is 2. The summed E-state index contributed by atoms with van der Waals surface area (Å²) in [5.74, 6) is 0.493. The van der Waals surface area contributed by atoms with Crippen molar-refractivity contribution >= 4 is 10.9 Å². The van der Waals surface area contributed by atoms with E-state index in [0.29, 0.717) is 22.5 Å². The van der Waals surface area contributed by atoms with Gasteiger partial charge in [-0.25, -0.2) is 9.97 Å². The monoisotopic (exact) mass is 480 g/mol. The van der Waals surface area contributed by atoms with Gasteiger partial charge in [-0.3, -0.25) is 0 Å². The molecule has 0 fully saturated rings. The molecule has 178 valence electrons. The van der Waals surface area contributed by atoms with Gasteiger partial charge in [0.25, 0.3) is 0 Å². The number of benzene rings is 4. The van der Waals surface area contributed by atoms with Gasteiger partial charge in [0.2, 0.25) is 0 Å². The van der Waals surface area contributed by atoms with E-state index in [2.05, 4.69) is 26.0 Å². The molecule has 0 spiro atoms. The van der Waals surface area contributed by atoms with E-state index in [1.807, 2.05) is 36.4 Å². The summed E-state index contributed by atoms with van der Waals surface area (Å²) in [5, 5.41) is 0.940. The first-order valence-electron chi connectivity index (χ1n) is 11.8. The Kier molecular flexibility index (Phi) is 4.84. The van der Waals surface area contributed by atoms with Gasteiger partial charge in [-0.1, -0.05) is 72.8 Å². The smallest absolute Gasteiger partial charge is 0.228 e. The first kappa shape index (κ1) is 22.5. The average Bonchev–Trinajstić information content (AvgIpc) is 3.13. The molecule has 0 amide bonds. The van der Waals surface area contributed by atoms with Crippen LogP contribution in [0.3, 0.4) is 0 Å². The fourth-order valence-corrected chi connectivity index (χ4v) is 5.53. The van der Waals surface area contributed by atoms with Crippen molar-refractivity contribution in [1.29, 1.82) is 0 Å². The van der Waals surface area contributed by atoms with Crippen molar-refractivity contribution < 1.29 is 13.2 Å². The zero-order chi connectivity index (χ0) is 25.2. The molecule has 1 aliphatic rings. The first-order valence-corrected chi connectivity index (χ1v) is 11.8. The molecule has 2 nitrogen and oxygen atoms in total. The van der Waals surface area contributed by atoms with Crippen LogP contribution in [-0.2, 0) is 5.41 Å². The molecule has 1 aliphatic carbocycles. The molecular formula is C31H23F3N2. The molecule has 1 atom stereocenters. The normalized spacial score (nSPS) is 16.7. The van der Waals surface area contributed by atoms with Gasteiger partial charge in [0.15, 0.2) is 5.82 Å². The Bertz CT molecular complexity index is 1650. The van der Waals surface area contributed by atoms with Crippen LogP contribution in [0.15, 0.2) is 84.9 Å². The van der Waals surface area contributed by atoms with E-state index >= 15 is 0 Å². The number of aromatic nitrogens is 2. The fraction of sp³-hybridized carbons (Fsp3) is 0.161. The minimum atomic E-state index is -4.43. The molecule has 1 heterocycles. The maximum absolute atomic E-state index is 14.4. The van der Waals surface area contributed by atoms with Crippen molar-refractivity contribution in [2.45, 2.75) is 32.4 Å². The van der Waals surface area contributed by atoms with Gasteiger partial charge < -0.3 is 0 Å². The molecule has 0 saturated heterocycles. The van der Waals surface area contributed by atoms with E-state index in [1.165, 1.54) is 6.92 Å². The summed E-state index contributed by atoms with van der Waals surface area (Å²) in [6.07, 6.45) is -4.43. The number of rotatable bonds is 2. The summed E-state index contributed by atoms with van der Waals surface area (Å²) in [6.45, 7) is 5.38. The SMILES string of the molecule is Cc1cccc(C)c1-c1nc(-c2ccc3c(c2)-c2ccccc2C3(C)C(F)(F)F)nc2ccccc12. The van der Waals surface area contributed by atoms with Crippen molar-refractivity contribution in [2.75, 3.05) is 0 Å². The largest absolute Gasteiger partial charge is 0.402 e. The van der Waals surface area contributed by atoms with Gasteiger partial charge in [-0.05, 0) is 66.3 Å². The number of fused-ring (bicyclic) bond motifs is 4. The lowest BCUT2D eigenvalue weighted by Crippen LogP contribution is -2.38. The number of halogens is 3. The highest BCUT2D eigenvalue weighted by molar-refractivity contribution is 5.95. The van der Waals surface area contributed by atoms with Gasteiger partial charge >= 0.3 is 6.18 Å². The summed E-state index contributed by atoms with van der Waals surface area (Å²) in [7, 11) is 0. The third kappa shape index (κ3) is 3.12. The molecule has 6 rings (SSSR count). The van der Waals surface area contributed by atoms with E-state index < -0.39 is 11.6 Å². The van der Waals surface area contributed by atoms with Gasteiger partial charge in [-0.15, -0.1) is 0 Å². The topological polar surface area (TPSA) is 25.8 Å². The van der Waals surface area contributed by atoms with Crippen LogP contribution in [0.1, 0.15) is 29.2 Å². The second-order valence-corrected chi connectivity index (χ2v) is 9.61.